The molecule has 0 bridgehead atoms. The van der Waals surface area contributed by atoms with Gasteiger partial charge in [0, 0.05) is 16.7 Å². The van der Waals surface area contributed by atoms with E-state index in [4.69, 9.17) is 11.0 Å². The van der Waals surface area contributed by atoms with Crippen LogP contribution in [0, 0.1) is 17.1 Å². The summed E-state index contributed by atoms with van der Waals surface area (Å²) in [5.41, 5.74) is 7.34. The highest BCUT2D eigenvalue weighted by Crippen LogP contribution is 2.33. The van der Waals surface area contributed by atoms with Gasteiger partial charge in [0.05, 0.1) is 11.3 Å². The smallest absolute Gasteiger partial charge is 0.180 e. The Balaban J connectivity index is 2.47. The highest BCUT2D eigenvalue weighted by Gasteiger charge is 2.23. The number of aromatic nitrogens is 1. The maximum Gasteiger partial charge on any atom is 0.180 e. The van der Waals surface area contributed by atoms with Crippen molar-refractivity contribution in [3.05, 3.63) is 45.7 Å². The van der Waals surface area contributed by atoms with E-state index in [9.17, 15) is 4.39 Å². The first-order chi connectivity index (χ1) is 9.32. The Kier molecular flexibility index (Phi) is 3.78. The summed E-state index contributed by atoms with van der Waals surface area (Å²) in [6.07, 6.45) is 0.474. The summed E-state index contributed by atoms with van der Waals surface area (Å²) < 4.78 is 13.6. The minimum absolute atomic E-state index is 0.0966. The first-order valence-corrected chi connectivity index (χ1v) is 7.07. The molecule has 0 atom stereocenters. The van der Waals surface area contributed by atoms with Crippen molar-refractivity contribution in [2.45, 2.75) is 32.6 Å². The second-order valence-corrected chi connectivity index (χ2v) is 6.75. The fourth-order valence-corrected chi connectivity index (χ4v) is 3.16. The molecule has 2 rings (SSSR count). The number of halogens is 1. The number of rotatable bonds is 2. The summed E-state index contributed by atoms with van der Waals surface area (Å²) >= 11 is 1.40. The molecule has 104 valence electrons. The average molecular weight is 289 g/mol. The van der Waals surface area contributed by atoms with E-state index in [-0.39, 0.29) is 11.0 Å². The number of nitriles is 1. The van der Waals surface area contributed by atoms with Crippen LogP contribution >= 0.6 is 11.3 Å². The summed E-state index contributed by atoms with van der Waals surface area (Å²) in [5, 5.41) is 9.58. The van der Waals surface area contributed by atoms with Crippen LogP contribution in [0.25, 0.3) is 0 Å². The van der Waals surface area contributed by atoms with Gasteiger partial charge in [0.15, 0.2) is 5.13 Å². The lowest BCUT2D eigenvalue weighted by Crippen LogP contribution is -2.14. The van der Waals surface area contributed by atoms with Crippen molar-refractivity contribution in [3.8, 4) is 6.07 Å². The van der Waals surface area contributed by atoms with Gasteiger partial charge >= 0.3 is 0 Å². The Hall–Kier alpha value is -1.93. The Morgan fingerprint density at radius 1 is 1.40 bits per heavy atom. The highest BCUT2D eigenvalue weighted by atomic mass is 32.1. The third-order valence-corrected chi connectivity index (χ3v) is 3.87. The molecule has 1 aromatic heterocycles. The van der Waals surface area contributed by atoms with Gasteiger partial charge in [0.1, 0.15) is 11.9 Å². The van der Waals surface area contributed by atoms with E-state index < -0.39 is 5.82 Å². The second kappa shape index (κ2) is 5.22. The van der Waals surface area contributed by atoms with Gasteiger partial charge in [0.2, 0.25) is 0 Å². The molecule has 0 aliphatic heterocycles. The lowest BCUT2D eigenvalue weighted by atomic mass is 9.89. The van der Waals surface area contributed by atoms with E-state index in [0.29, 0.717) is 17.1 Å². The first kappa shape index (κ1) is 14.5. The van der Waals surface area contributed by atoms with Crippen LogP contribution in [-0.2, 0) is 11.8 Å². The predicted molar refractivity (Wildman–Crippen MR) is 79.1 cm³/mol. The number of hydrogen-bond acceptors (Lipinski definition) is 4. The van der Waals surface area contributed by atoms with E-state index in [0.717, 1.165) is 10.6 Å². The van der Waals surface area contributed by atoms with Crippen LogP contribution in [0.1, 0.15) is 42.5 Å². The van der Waals surface area contributed by atoms with Gasteiger partial charge in [-0.1, -0.05) is 32.9 Å². The van der Waals surface area contributed by atoms with Crippen LogP contribution in [0.15, 0.2) is 18.2 Å². The fraction of sp³-hybridized carbons (Fsp3) is 0.333. The van der Waals surface area contributed by atoms with Crippen molar-refractivity contribution in [2.75, 3.05) is 5.73 Å². The molecule has 0 amide bonds. The molecule has 0 saturated carbocycles. The van der Waals surface area contributed by atoms with Crippen LogP contribution in [0.4, 0.5) is 9.52 Å². The van der Waals surface area contributed by atoms with Gasteiger partial charge in [-0.15, -0.1) is 11.3 Å². The molecule has 5 heteroatoms. The fourth-order valence-electron chi connectivity index (χ4n) is 2.09. The maximum atomic E-state index is 13.6. The minimum Gasteiger partial charge on any atom is -0.375 e. The lowest BCUT2D eigenvalue weighted by molar-refractivity contribution is 0.568. The van der Waals surface area contributed by atoms with Crippen molar-refractivity contribution >= 4 is 16.5 Å². The molecule has 0 aliphatic carbocycles. The monoisotopic (exact) mass is 289 g/mol. The molecule has 0 saturated heterocycles. The zero-order chi connectivity index (χ0) is 14.9. The summed E-state index contributed by atoms with van der Waals surface area (Å²) in [4.78, 5) is 5.36. The standard InChI is InChI=1S/C15H16FN3S/c1-15(2,3)13-12(20-14(18)19-13)7-9-5-4-6-11(16)10(9)8-17/h4-6H,7H2,1-3H3,(H2,18,19). The number of benzene rings is 1. The van der Waals surface area contributed by atoms with E-state index in [1.807, 2.05) is 6.07 Å². The van der Waals surface area contributed by atoms with E-state index in [2.05, 4.69) is 25.8 Å². The molecule has 1 heterocycles. The van der Waals surface area contributed by atoms with Crippen LogP contribution in [0.2, 0.25) is 0 Å². The third-order valence-electron chi connectivity index (χ3n) is 2.99. The molecule has 0 aliphatic rings. The molecule has 2 N–H and O–H groups in total. The van der Waals surface area contributed by atoms with Crippen molar-refractivity contribution in [1.29, 1.82) is 5.26 Å². The van der Waals surface area contributed by atoms with Gasteiger partial charge in [-0.2, -0.15) is 5.26 Å². The molecule has 0 fully saturated rings. The van der Waals surface area contributed by atoms with Gasteiger partial charge < -0.3 is 5.73 Å². The highest BCUT2D eigenvalue weighted by molar-refractivity contribution is 7.15. The van der Waals surface area contributed by atoms with Crippen LogP contribution < -0.4 is 5.73 Å². The molecule has 20 heavy (non-hydrogen) atoms. The number of hydrogen-bond donors (Lipinski definition) is 1. The Morgan fingerprint density at radius 3 is 2.70 bits per heavy atom. The zero-order valence-corrected chi connectivity index (χ0v) is 12.5. The third kappa shape index (κ3) is 2.81. The topological polar surface area (TPSA) is 62.7 Å². The van der Waals surface area contributed by atoms with Gasteiger partial charge in [-0.05, 0) is 11.6 Å². The summed E-state index contributed by atoms with van der Waals surface area (Å²) in [6.45, 7) is 6.17. The van der Waals surface area contributed by atoms with Crippen molar-refractivity contribution < 1.29 is 4.39 Å². The summed E-state index contributed by atoms with van der Waals surface area (Å²) in [7, 11) is 0. The zero-order valence-electron chi connectivity index (χ0n) is 11.7. The predicted octanol–water partition coefficient (Wildman–Crippen LogP) is 3.62. The molecular weight excluding hydrogens is 273 g/mol. The average Bonchev–Trinajstić information content (AvgIpc) is 2.70. The normalized spacial score (nSPS) is 11.3. The summed E-state index contributed by atoms with van der Waals surface area (Å²) in [6, 6.07) is 6.61. The summed E-state index contributed by atoms with van der Waals surface area (Å²) in [5.74, 6) is -0.486. The first-order valence-electron chi connectivity index (χ1n) is 6.26. The van der Waals surface area contributed by atoms with Crippen molar-refractivity contribution in [1.82, 2.24) is 4.98 Å². The molecule has 0 spiro atoms. The Morgan fingerprint density at radius 2 is 2.10 bits per heavy atom. The largest absolute Gasteiger partial charge is 0.375 e. The maximum absolute atomic E-state index is 13.6. The van der Waals surface area contributed by atoms with E-state index >= 15 is 0 Å². The SMILES string of the molecule is CC(C)(C)c1nc(N)sc1Cc1cccc(F)c1C#N. The van der Waals surface area contributed by atoms with E-state index in [1.165, 1.54) is 17.4 Å². The Labute approximate surface area is 121 Å². The second-order valence-electron chi connectivity index (χ2n) is 5.64. The molecule has 2 aromatic rings. The van der Waals surface area contributed by atoms with E-state index in [1.54, 1.807) is 12.1 Å². The number of thiazole rings is 1. The van der Waals surface area contributed by atoms with Crippen LogP contribution in [-0.4, -0.2) is 4.98 Å². The number of nitrogens with zero attached hydrogens (tertiary/aromatic N) is 2. The van der Waals surface area contributed by atoms with Gasteiger partial charge in [-0.3, -0.25) is 0 Å². The van der Waals surface area contributed by atoms with Crippen molar-refractivity contribution in [3.63, 3.8) is 0 Å². The molecule has 0 unspecified atom stereocenters. The van der Waals surface area contributed by atoms with Gasteiger partial charge in [0.25, 0.3) is 0 Å². The lowest BCUT2D eigenvalue weighted by Gasteiger charge is -2.17. The number of nitrogen functional groups attached to an aromatic ring is 1. The number of nitrogens with two attached hydrogens (primary N) is 1. The molecule has 1 aromatic carbocycles. The minimum atomic E-state index is -0.486. The van der Waals surface area contributed by atoms with Crippen molar-refractivity contribution in [2.24, 2.45) is 0 Å². The quantitative estimate of drug-likeness (QED) is 0.918. The van der Waals surface area contributed by atoms with Crippen LogP contribution in [0.5, 0.6) is 0 Å². The van der Waals surface area contributed by atoms with Crippen LogP contribution in [0.3, 0.4) is 0 Å². The van der Waals surface area contributed by atoms with Gasteiger partial charge in [-0.25, -0.2) is 9.37 Å². The molecule has 3 nitrogen and oxygen atoms in total. The molecule has 0 radical (unpaired) electrons. The number of anilines is 1. The Bertz CT molecular complexity index is 677. The molecular formula is C15H16FN3S.